The Bertz CT molecular complexity index is 676. The lowest BCUT2D eigenvalue weighted by Gasteiger charge is -2.50. The van der Waals surface area contributed by atoms with Crippen LogP contribution >= 0.6 is 0 Å². The molecule has 3 aliphatic rings. The number of ketones is 1. The van der Waals surface area contributed by atoms with Crippen molar-refractivity contribution in [1.29, 1.82) is 0 Å². The highest BCUT2D eigenvalue weighted by Gasteiger charge is 2.49. The third-order valence-corrected chi connectivity index (χ3v) is 5.77. The molecule has 3 heteroatoms. The van der Waals surface area contributed by atoms with Gasteiger partial charge in [0.25, 0.3) is 0 Å². The predicted molar refractivity (Wildman–Crippen MR) is 94.1 cm³/mol. The van der Waals surface area contributed by atoms with Crippen LogP contribution in [0.4, 0.5) is 0 Å². The van der Waals surface area contributed by atoms with Crippen molar-refractivity contribution in [3.8, 4) is 0 Å². The number of allylic oxidation sites excluding steroid dienone is 2. The standard InChI is InChI=1S/C21H27NO2/c1-20(2)12-17(23)19-16-9-6-10-21(11-16,24-18(19)13-20)22-14-15-7-4-3-5-8-15/h3-5,7-8,16,22H,6,9-14H2,1-2H3/t16-,21+/m0/s1. The molecule has 1 aliphatic heterocycles. The summed E-state index contributed by atoms with van der Waals surface area (Å²) >= 11 is 0. The summed E-state index contributed by atoms with van der Waals surface area (Å²) in [5.74, 6) is 1.69. The zero-order valence-electron chi connectivity index (χ0n) is 14.7. The Labute approximate surface area is 144 Å². The molecular weight excluding hydrogens is 298 g/mol. The van der Waals surface area contributed by atoms with Gasteiger partial charge in [0.15, 0.2) is 11.5 Å². The molecule has 2 bridgehead atoms. The van der Waals surface area contributed by atoms with Gasteiger partial charge in [-0.25, -0.2) is 0 Å². The number of carbonyl (C=O) groups excluding carboxylic acids is 1. The van der Waals surface area contributed by atoms with Crippen molar-refractivity contribution in [3.05, 3.63) is 47.2 Å². The fourth-order valence-electron chi connectivity index (χ4n) is 4.69. The second kappa shape index (κ2) is 5.73. The van der Waals surface area contributed by atoms with Gasteiger partial charge in [-0.3, -0.25) is 10.1 Å². The highest BCUT2D eigenvalue weighted by atomic mass is 16.5. The number of ether oxygens (including phenoxy) is 1. The summed E-state index contributed by atoms with van der Waals surface area (Å²) in [5.41, 5.74) is 2.02. The number of carbonyl (C=O) groups is 1. The average molecular weight is 325 g/mol. The van der Waals surface area contributed by atoms with Crippen LogP contribution in [-0.4, -0.2) is 11.5 Å². The predicted octanol–water partition coefficient (Wildman–Crippen LogP) is 4.34. The van der Waals surface area contributed by atoms with Gasteiger partial charge in [-0.05, 0) is 29.7 Å². The van der Waals surface area contributed by atoms with E-state index >= 15 is 0 Å². The van der Waals surface area contributed by atoms with Crippen LogP contribution in [0.15, 0.2) is 41.7 Å². The second-order valence-electron chi connectivity index (χ2n) is 8.51. The van der Waals surface area contributed by atoms with E-state index in [1.54, 1.807) is 0 Å². The molecule has 24 heavy (non-hydrogen) atoms. The average Bonchev–Trinajstić information content (AvgIpc) is 2.52. The van der Waals surface area contributed by atoms with E-state index in [0.29, 0.717) is 18.1 Å². The van der Waals surface area contributed by atoms with E-state index in [1.807, 2.05) is 6.07 Å². The molecule has 1 heterocycles. The van der Waals surface area contributed by atoms with Gasteiger partial charge in [0.1, 0.15) is 5.76 Å². The Morgan fingerprint density at radius 3 is 2.79 bits per heavy atom. The highest BCUT2D eigenvalue weighted by molar-refractivity contribution is 5.97. The number of Topliss-reactive ketones (excluding diaryl/α,β-unsaturated/α-hetero) is 1. The molecule has 1 aromatic carbocycles. The lowest BCUT2D eigenvalue weighted by atomic mass is 9.68. The number of hydrogen-bond donors (Lipinski definition) is 1. The van der Waals surface area contributed by atoms with Crippen molar-refractivity contribution in [2.75, 3.05) is 0 Å². The molecule has 0 unspecified atom stereocenters. The molecule has 1 N–H and O–H groups in total. The summed E-state index contributed by atoms with van der Waals surface area (Å²) in [6.07, 6.45) is 5.77. The molecule has 1 saturated carbocycles. The molecule has 0 spiro atoms. The van der Waals surface area contributed by atoms with Crippen molar-refractivity contribution < 1.29 is 9.53 Å². The summed E-state index contributed by atoms with van der Waals surface area (Å²) in [6.45, 7) is 5.16. The van der Waals surface area contributed by atoms with E-state index in [0.717, 1.165) is 50.0 Å². The van der Waals surface area contributed by atoms with Crippen LogP contribution < -0.4 is 5.32 Å². The Kier molecular flexibility index (Phi) is 3.80. The van der Waals surface area contributed by atoms with Gasteiger partial charge in [0, 0.05) is 37.8 Å². The van der Waals surface area contributed by atoms with E-state index in [2.05, 4.69) is 43.4 Å². The zero-order valence-corrected chi connectivity index (χ0v) is 14.7. The first-order valence-corrected chi connectivity index (χ1v) is 9.21. The Balaban J connectivity index is 1.58. The normalized spacial score (nSPS) is 31.4. The third-order valence-electron chi connectivity index (χ3n) is 5.77. The van der Waals surface area contributed by atoms with E-state index in [1.165, 1.54) is 5.56 Å². The molecule has 0 radical (unpaired) electrons. The van der Waals surface area contributed by atoms with Crippen LogP contribution in [0.1, 0.15) is 57.9 Å². The lowest BCUT2D eigenvalue weighted by Crippen LogP contribution is -2.54. The zero-order chi connectivity index (χ0) is 16.8. The number of fused-ring (bicyclic) bond motifs is 3. The van der Waals surface area contributed by atoms with Crippen molar-refractivity contribution in [3.63, 3.8) is 0 Å². The maximum atomic E-state index is 12.7. The minimum atomic E-state index is -0.286. The molecule has 0 aromatic heterocycles. The summed E-state index contributed by atoms with van der Waals surface area (Å²) < 4.78 is 6.52. The molecule has 0 saturated heterocycles. The number of benzene rings is 1. The van der Waals surface area contributed by atoms with Crippen molar-refractivity contribution in [2.45, 2.75) is 64.6 Å². The Hall–Kier alpha value is -1.61. The van der Waals surface area contributed by atoms with E-state index in [4.69, 9.17) is 4.74 Å². The lowest BCUT2D eigenvalue weighted by molar-refractivity contribution is -0.128. The molecule has 2 aliphatic carbocycles. The number of hydrogen-bond acceptors (Lipinski definition) is 3. The van der Waals surface area contributed by atoms with Crippen LogP contribution in [0.25, 0.3) is 0 Å². The maximum absolute atomic E-state index is 12.7. The molecule has 3 nitrogen and oxygen atoms in total. The molecule has 1 fully saturated rings. The van der Waals surface area contributed by atoms with Gasteiger partial charge >= 0.3 is 0 Å². The van der Waals surface area contributed by atoms with Gasteiger partial charge in [-0.2, -0.15) is 0 Å². The van der Waals surface area contributed by atoms with Crippen LogP contribution in [0.5, 0.6) is 0 Å². The van der Waals surface area contributed by atoms with E-state index in [9.17, 15) is 4.79 Å². The molecule has 2 atom stereocenters. The molecule has 128 valence electrons. The number of rotatable bonds is 3. The van der Waals surface area contributed by atoms with E-state index in [-0.39, 0.29) is 11.1 Å². The van der Waals surface area contributed by atoms with Crippen molar-refractivity contribution in [2.24, 2.45) is 11.3 Å². The van der Waals surface area contributed by atoms with Crippen LogP contribution in [-0.2, 0) is 16.1 Å². The minimum absolute atomic E-state index is 0.0160. The van der Waals surface area contributed by atoms with Gasteiger partial charge in [-0.1, -0.05) is 44.2 Å². The molecular formula is C21H27NO2. The summed E-state index contributed by atoms with van der Waals surface area (Å²) in [6, 6.07) is 10.5. The van der Waals surface area contributed by atoms with Crippen molar-refractivity contribution >= 4 is 5.78 Å². The first-order valence-electron chi connectivity index (χ1n) is 9.21. The maximum Gasteiger partial charge on any atom is 0.163 e. The van der Waals surface area contributed by atoms with Crippen LogP contribution in [0.3, 0.4) is 0 Å². The minimum Gasteiger partial charge on any atom is -0.477 e. The van der Waals surface area contributed by atoms with Crippen LogP contribution in [0, 0.1) is 11.3 Å². The monoisotopic (exact) mass is 325 g/mol. The molecule has 4 rings (SSSR count). The smallest absolute Gasteiger partial charge is 0.163 e. The molecule has 1 aromatic rings. The summed E-state index contributed by atoms with van der Waals surface area (Å²) in [4.78, 5) is 12.7. The Morgan fingerprint density at radius 1 is 1.21 bits per heavy atom. The van der Waals surface area contributed by atoms with Crippen molar-refractivity contribution in [1.82, 2.24) is 5.32 Å². The fraction of sp³-hybridized carbons (Fsp3) is 0.571. The topological polar surface area (TPSA) is 38.3 Å². The van der Waals surface area contributed by atoms with Gasteiger partial charge in [0.2, 0.25) is 0 Å². The third kappa shape index (κ3) is 2.90. The first kappa shape index (κ1) is 15.9. The SMILES string of the molecule is CC1(C)CC(=O)C2=C(C1)O[C@]1(NCc3ccccc3)CCC[C@H]2C1. The van der Waals surface area contributed by atoms with Gasteiger partial charge in [0.05, 0.1) is 0 Å². The van der Waals surface area contributed by atoms with E-state index < -0.39 is 0 Å². The largest absolute Gasteiger partial charge is 0.477 e. The fourth-order valence-corrected chi connectivity index (χ4v) is 4.69. The first-order chi connectivity index (χ1) is 11.5. The summed E-state index contributed by atoms with van der Waals surface area (Å²) in [7, 11) is 0. The summed E-state index contributed by atoms with van der Waals surface area (Å²) in [5, 5.41) is 3.69. The van der Waals surface area contributed by atoms with Crippen LogP contribution in [0.2, 0.25) is 0 Å². The molecule has 0 amide bonds. The second-order valence-corrected chi connectivity index (χ2v) is 8.51. The Morgan fingerprint density at radius 2 is 2.00 bits per heavy atom. The highest BCUT2D eigenvalue weighted by Crippen LogP contribution is 2.50. The van der Waals surface area contributed by atoms with Gasteiger partial charge < -0.3 is 4.74 Å². The number of nitrogens with one attached hydrogen (secondary N) is 1. The van der Waals surface area contributed by atoms with Gasteiger partial charge in [-0.15, -0.1) is 0 Å². The quantitative estimate of drug-likeness (QED) is 0.898.